The molecule has 3 aromatic rings. The smallest absolute Gasteiger partial charge is 0.193 e. The van der Waals surface area contributed by atoms with Crippen molar-refractivity contribution in [3.63, 3.8) is 0 Å². The number of aryl methyl sites for hydroxylation is 1. The molecule has 2 N–H and O–H groups in total. The monoisotopic (exact) mass is 363 g/mol. The van der Waals surface area contributed by atoms with E-state index in [0.29, 0.717) is 17.0 Å². The predicted molar refractivity (Wildman–Crippen MR) is 108 cm³/mol. The number of hydrogen-bond acceptors (Lipinski definition) is 3. The highest BCUT2D eigenvalue weighted by molar-refractivity contribution is 5.67. The van der Waals surface area contributed by atoms with Crippen LogP contribution in [0.25, 0.3) is 11.1 Å². The average Bonchev–Trinajstić information content (AvgIpc) is 2.71. The Hall–Kier alpha value is -2.85. The molecule has 1 aromatic heterocycles. The number of aliphatic hydroxyl groups excluding tert-OH is 1. The van der Waals surface area contributed by atoms with E-state index in [4.69, 9.17) is 4.74 Å². The summed E-state index contributed by atoms with van der Waals surface area (Å²) >= 11 is 0. The molecule has 1 heterocycles. The van der Waals surface area contributed by atoms with Crippen LogP contribution < -0.4 is 10.2 Å². The number of nitrogens with one attached hydrogen (secondary N) is 1. The van der Waals surface area contributed by atoms with Gasteiger partial charge in [0, 0.05) is 11.3 Å². The van der Waals surface area contributed by atoms with Crippen molar-refractivity contribution < 1.29 is 9.84 Å². The molecule has 2 aromatic carbocycles. The van der Waals surface area contributed by atoms with Crippen molar-refractivity contribution in [2.24, 2.45) is 0 Å². The van der Waals surface area contributed by atoms with Crippen LogP contribution in [0, 0.1) is 0 Å². The maximum absolute atomic E-state index is 13.1. The molecule has 140 valence electrons. The summed E-state index contributed by atoms with van der Waals surface area (Å²) in [6.45, 7) is 3.88. The first-order chi connectivity index (χ1) is 13.2. The van der Waals surface area contributed by atoms with Gasteiger partial charge in [0.25, 0.3) is 0 Å². The van der Waals surface area contributed by atoms with Gasteiger partial charge in [0.1, 0.15) is 11.5 Å². The summed E-state index contributed by atoms with van der Waals surface area (Å²) in [7, 11) is 0. The highest BCUT2D eigenvalue weighted by Gasteiger charge is 2.16. The van der Waals surface area contributed by atoms with E-state index in [1.54, 1.807) is 0 Å². The fourth-order valence-corrected chi connectivity index (χ4v) is 3.30. The Labute approximate surface area is 159 Å². The zero-order valence-electron chi connectivity index (χ0n) is 15.8. The summed E-state index contributed by atoms with van der Waals surface area (Å²) in [6, 6.07) is 17.0. The lowest BCUT2D eigenvalue weighted by Gasteiger charge is -2.15. The Balaban J connectivity index is 2.00. The first-order valence-electron chi connectivity index (χ1n) is 9.39. The number of benzene rings is 2. The topological polar surface area (TPSA) is 62.3 Å². The minimum absolute atomic E-state index is 0.00762. The molecule has 4 heteroatoms. The number of hydrogen-bond donors (Lipinski definition) is 2. The number of aromatic amines is 1. The van der Waals surface area contributed by atoms with Crippen molar-refractivity contribution >= 4 is 0 Å². The molecule has 3 rings (SSSR count). The minimum Gasteiger partial charge on any atom is -0.457 e. The first-order valence-corrected chi connectivity index (χ1v) is 9.39. The average molecular weight is 363 g/mol. The summed E-state index contributed by atoms with van der Waals surface area (Å²) in [5.74, 6) is 1.46. The molecule has 27 heavy (non-hydrogen) atoms. The normalized spacial score (nSPS) is 10.8. The lowest BCUT2D eigenvalue weighted by atomic mass is 9.96. The third-order valence-corrected chi connectivity index (χ3v) is 4.60. The van der Waals surface area contributed by atoms with Gasteiger partial charge in [-0.3, -0.25) is 4.79 Å². The van der Waals surface area contributed by atoms with Gasteiger partial charge in [-0.2, -0.15) is 0 Å². The van der Waals surface area contributed by atoms with E-state index in [2.05, 4.69) is 11.9 Å². The number of aromatic nitrogens is 1. The van der Waals surface area contributed by atoms with Crippen LogP contribution in [0.15, 0.2) is 59.4 Å². The van der Waals surface area contributed by atoms with Crippen molar-refractivity contribution in [2.75, 3.05) is 0 Å². The van der Waals surface area contributed by atoms with Gasteiger partial charge in [-0.05, 0) is 42.7 Å². The maximum atomic E-state index is 13.1. The number of rotatable bonds is 7. The molecule has 0 saturated carbocycles. The van der Waals surface area contributed by atoms with Gasteiger partial charge in [-0.15, -0.1) is 0 Å². The molecular weight excluding hydrogens is 338 g/mol. The van der Waals surface area contributed by atoms with E-state index in [0.717, 1.165) is 41.8 Å². The van der Waals surface area contributed by atoms with Crippen molar-refractivity contribution in [3.05, 3.63) is 81.8 Å². The van der Waals surface area contributed by atoms with E-state index in [-0.39, 0.29) is 12.0 Å². The second-order valence-electron chi connectivity index (χ2n) is 6.47. The molecule has 0 bridgehead atoms. The first kappa shape index (κ1) is 18.9. The Morgan fingerprint density at radius 1 is 0.926 bits per heavy atom. The number of H-pyrrole nitrogens is 1. The Bertz CT molecular complexity index is 944. The molecule has 0 unspecified atom stereocenters. The van der Waals surface area contributed by atoms with Gasteiger partial charge < -0.3 is 14.8 Å². The zero-order chi connectivity index (χ0) is 19.2. The fraction of sp³-hybridized carbons (Fsp3) is 0.261. The van der Waals surface area contributed by atoms with Crippen molar-refractivity contribution in [2.45, 2.75) is 39.7 Å². The van der Waals surface area contributed by atoms with Crippen LogP contribution in [-0.4, -0.2) is 10.1 Å². The van der Waals surface area contributed by atoms with Gasteiger partial charge in [0.2, 0.25) is 0 Å². The Morgan fingerprint density at radius 3 is 2.19 bits per heavy atom. The van der Waals surface area contributed by atoms with E-state index in [1.807, 2.05) is 61.5 Å². The van der Waals surface area contributed by atoms with E-state index in [9.17, 15) is 9.90 Å². The summed E-state index contributed by atoms with van der Waals surface area (Å²) in [6.07, 6.45) is 2.37. The highest BCUT2D eigenvalue weighted by atomic mass is 16.5. The third-order valence-electron chi connectivity index (χ3n) is 4.60. The van der Waals surface area contributed by atoms with Crippen LogP contribution in [0.1, 0.15) is 37.2 Å². The largest absolute Gasteiger partial charge is 0.457 e. The second kappa shape index (κ2) is 8.69. The van der Waals surface area contributed by atoms with Gasteiger partial charge >= 0.3 is 0 Å². The SMILES string of the molecule is CCCc1c(CC)[nH]c(CO)c(-c2ccc(Oc3ccccc3)cc2)c1=O. The number of aliphatic hydroxyl groups is 1. The second-order valence-corrected chi connectivity index (χ2v) is 6.47. The molecule has 0 aliphatic heterocycles. The molecule has 0 fully saturated rings. The van der Waals surface area contributed by atoms with Crippen LogP contribution in [0.4, 0.5) is 0 Å². The van der Waals surface area contributed by atoms with Crippen molar-refractivity contribution in [3.8, 4) is 22.6 Å². The van der Waals surface area contributed by atoms with Crippen LogP contribution in [0.2, 0.25) is 0 Å². The van der Waals surface area contributed by atoms with Gasteiger partial charge in [0.15, 0.2) is 5.43 Å². The summed E-state index contributed by atoms with van der Waals surface area (Å²) in [5.41, 5.74) is 3.63. The van der Waals surface area contributed by atoms with E-state index >= 15 is 0 Å². The zero-order valence-corrected chi connectivity index (χ0v) is 15.8. The molecule has 0 aliphatic carbocycles. The summed E-state index contributed by atoms with van der Waals surface area (Å²) in [5, 5.41) is 9.80. The van der Waals surface area contributed by atoms with Crippen molar-refractivity contribution in [1.29, 1.82) is 0 Å². The lowest BCUT2D eigenvalue weighted by Crippen LogP contribution is -2.19. The predicted octanol–water partition coefficient (Wildman–Crippen LogP) is 4.84. The third kappa shape index (κ3) is 4.12. The molecule has 0 spiro atoms. The van der Waals surface area contributed by atoms with Crippen molar-refractivity contribution in [1.82, 2.24) is 4.98 Å². The summed E-state index contributed by atoms with van der Waals surface area (Å²) in [4.78, 5) is 16.4. The highest BCUT2D eigenvalue weighted by Crippen LogP contribution is 2.26. The fourth-order valence-electron chi connectivity index (χ4n) is 3.30. The molecule has 0 radical (unpaired) electrons. The van der Waals surface area contributed by atoms with Crippen LogP contribution in [-0.2, 0) is 19.4 Å². The number of para-hydroxylation sites is 1. The molecule has 0 aliphatic rings. The van der Waals surface area contributed by atoms with E-state index < -0.39 is 0 Å². The molecule has 0 atom stereocenters. The molecule has 0 saturated heterocycles. The minimum atomic E-state index is -0.202. The number of ether oxygens (including phenoxy) is 1. The van der Waals surface area contributed by atoms with Crippen LogP contribution in [0.3, 0.4) is 0 Å². The quantitative estimate of drug-likeness (QED) is 0.631. The molecular formula is C23H25NO3. The Kier molecular flexibility index (Phi) is 6.09. The maximum Gasteiger partial charge on any atom is 0.193 e. The van der Waals surface area contributed by atoms with Gasteiger partial charge in [0.05, 0.1) is 17.9 Å². The van der Waals surface area contributed by atoms with Crippen LogP contribution in [0.5, 0.6) is 11.5 Å². The number of pyridine rings is 1. The van der Waals surface area contributed by atoms with Crippen LogP contribution >= 0.6 is 0 Å². The Morgan fingerprint density at radius 2 is 1.59 bits per heavy atom. The van der Waals surface area contributed by atoms with Gasteiger partial charge in [-0.1, -0.05) is 50.6 Å². The van der Waals surface area contributed by atoms with Gasteiger partial charge in [-0.25, -0.2) is 0 Å². The standard InChI is InChI=1S/C23H25NO3/c1-3-8-19-20(4-2)24-21(15-25)22(23(19)26)16-11-13-18(14-12-16)27-17-9-6-5-7-10-17/h5-7,9-14,25H,3-4,8,15H2,1-2H3,(H,24,26). The molecule has 4 nitrogen and oxygen atoms in total. The molecule has 0 amide bonds. The lowest BCUT2D eigenvalue weighted by molar-refractivity contribution is 0.277. The van der Waals surface area contributed by atoms with E-state index in [1.165, 1.54) is 0 Å². The summed E-state index contributed by atoms with van der Waals surface area (Å²) < 4.78 is 5.82.